The lowest BCUT2D eigenvalue weighted by molar-refractivity contribution is 0.872. The van der Waals surface area contributed by atoms with Gasteiger partial charge in [0.15, 0.2) is 5.13 Å². The predicted octanol–water partition coefficient (Wildman–Crippen LogP) is 4.37. The molecule has 0 unspecified atom stereocenters. The fraction of sp³-hybridized carbons (Fsp3) is 0.250. The van der Waals surface area contributed by atoms with Crippen LogP contribution in [0.5, 0.6) is 0 Å². The number of nitrogens with two attached hydrogens (primary N) is 1. The Bertz CT molecular complexity index is 774. The van der Waals surface area contributed by atoms with Gasteiger partial charge < -0.3 is 5.73 Å². The van der Waals surface area contributed by atoms with Crippen LogP contribution in [0.3, 0.4) is 0 Å². The lowest BCUT2D eigenvalue weighted by Gasteiger charge is -2.12. The summed E-state index contributed by atoms with van der Waals surface area (Å²) in [6, 6.07) is 8.44. The fourth-order valence-corrected chi connectivity index (χ4v) is 3.05. The number of nitrogen functional groups attached to an aromatic ring is 1. The molecule has 1 aromatic carbocycles. The summed E-state index contributed by atoms with van der Waals surface area (Å²) in [6.45, 7) is 6.41. The Kier molecular flexibility index (Phi) is 3.18. The van der Waals surface area contributed by atoms with Crippen LogP contribution in [-0.2, 0) is 0 Å². The number of hydrogen-bond donors (Lipinski definition) is 1. The highest BCUT2D eigenvalue weighted by Crippen LogP contribution is 2.33. The van der Waals surface area contributed by atoms with Gasteiger partial charge in [0, 0.05) is 22.0 Å². The average Bonchev–Trinajstić information content (AvgIpc) is 2.83. The monoisotopic (exact) mass is 283 g/mol. The van der Waals surface area contributed by atoms with Gasteiger partial charge in [0.05, 0.1) is 11.2 Å². The number of fused-ring (bicyclic) bond motifs is 1. The normalized spacial score (nSPS) is 11.4. The summed E-state index contributed by atoms with van der Waals surface area (Å²) in [4.78, 5) is 9.15. The van der Waals surface area contributed by atoms with E-state index in [4.69, 9.17) is 10.7 Å². The van der Waals surface area contributed by atoms with E-state index in [1.54, 1.807) is 0 Å². The molecule has 4 heteroatoms. The van der Waals surface area contributed by atoms with Crippen molar-refractivity contribution in [3.05, 3.63) is 40.9 Å². The summed E-state index contributed by atoms with van der Waals surface area (Å²) >= 11 is 1.47. The summed E-state index contributed by atoms with van der Waals surface area (Å²) in [5, 5.41) is 3.75. The number of thiazole rings is 1. The van der Waals surface area contributed by atoms with E-state index in [0.717, 1.165) is 27.9 Å². The number of anilines is 1. The zero-order valence-electron chi connectivity index (χ0n) is 11.8. The van der Waals surface area contributed by atoms with Crippen molar-refractivity contribution < 1.29 is 0 Å². The number of hydrogen-bond acceptors (Lipinski definition) is 4. The first kappa shape index (κ1) is 13.1. The molecule has 0 aliphatic rings. The Hall–Kier alpha value is -1.94. The second-order valence-electron chi connectivity index (χ2n) is 5.28. The Labute approximate surface area is 122 Å². The van der Waals surface area contributed by atoms with Crippen molar-refractivity contribution in [2.45, 2.75) is 26.7 Å². The second-order valence-corrected chi connectivity index (χ2v) is 6.17. The third-order valence-corrected chi connectivity index (χ3v) is 4.09. The first-order valence-electron chi connectivity index (χ1n) is 6.68. The van der Waals surface area contributed by atoms with Crippen molar-refractivity contribution in [3.63, 3.8) is 0 Å². The zero-order valence-corrected chi connectivity index (χ0v) is 12.7. The van der Waals surface area contributed by atoms with Gasteiger partial charge in [-0.1, -0.05) is 32.0 Å². The summed E-state index contributed by atoms with van der Waals surface area (Å²) in [5.41, 5.74) is 11.2. The van der Waals surface area contributed by atoms with E-state index in [0.29, 0.717) is 11.0 Å². The van der Waals surface area contributed by atoms with Crippen LogP contribution >= 0.6 is 11.3 Å². The molecule has 102 valence electrons. The van der Waals surface area contributed by atoms with Crippen LogP contribution in [0.25, 0.3) is 22.2 Å². The molecule has 0 radical (unpaired) electrons. The number of para-hydroxylation sites is 1. The quantitative estimate of drug-likeness (QED) is 0.759. The molecule has 0 fully saturated rings. The molecule has 0 atom stereocenters. The smallest absolute Gasteiger partial charge is 0.180 e. The first-order chi connectivity index (χ1) is 9.56. The third-order valence-electron chi connectivity index (χ3n) is 3.42. The molecule has 20 heavy (non-hydrogen) atoms. The van der Waals surface area contributed by atoms with Gasteiger partial charge in [-0.3, -0.25) is 4.98 Å². The standard InChI is InChI=1S/C16H17N3S/c1-9(2)11-5-4-6-12-13(7-10(3)18-15(11)12)14-8-20-16(17)19-14/h4-9H,1-3H3,(H2,17,19). The molecule has 0 saturated heterocycles. The molecule has 0 aliphatic carbocycles. The molecular weight excluding hydrogens is 266 g/mol. The number of pyridine rings is 1. The van der Waals surface area contributed by atoms with E-state index in [-0.39, 0.29) is 0 Å². The molecule has 3 nitrogen and oxygen atoms in total. The topological polar surface area (TPSA) is 51.8 Å². The van der Waals surface area contributed by atoms with Crippen LogP contribution in [-0.4, -0.2) is 9.97 Å². The highest BCUT2D eigenvalue weighted by atomic mass is 32.1. The Balaban J connectivity index is 2.35. The lowest BCUT2D eigenvalue weighted by Crippen LogP contribution is -1.95. The van der Waals surface area contributed by atoms with Crippen molar-refractivity contribution >= 4 is 27.4 Å². The SMILES string of the molecule is Cc1cc(-c2csc(N)n2)c2cccc(C(C)C)c2n1. The Morgan fingerprint density at radius 3 is 2.65 bits per heavy atom. The minimum atomic E-state index is 0.446. The van der Waals surface area contributed by atoms with E-state index in [1.807, 2.05) is 12.3 Å². The van der Waals surface area contributed by atoms with E-state index in [1.165, 1.54) is 16.9 Å². The summed E-state index contributed by atoms with van der Waals surface area (Å²) in [7, 11) is 0. The van der Waals surface area contributed by atoms with Gasteiger partial charge >= 0.3 is 0 Å². The van der Waals surface area contributed by atoms with Gasteiger partial charge in [0.2, 0.25) is 0 Å². The van der Waals surface area contributed by atoms with Crippen LogP contribution in [0, 0.1) is 6.92 Å². The molecule has 0 aliphatic heterocycles. The van der Waals surface area contributed by atoms with Crippen LogP contribution < -0.4 is 5.73 Å². The van der Waals surface area contributed by atoms with Gasteiger partial charge in [-0.15, -0.1) is 11.3 Å². The largest absolute Gasteiger partial charge is 0.375 e. The highest BCUT2D eigenvalue weighted by molar-refractivity contribution is 7.13. The summed E-state index contributed by atoms with van der Waals surface area (Å²) in [6.07, 6.45) is 0. The van der Waals surface area contributed by atoms with Crippen LogP contribution in [0.2, 0.25) is 0 Å². The molecule has 0 amide bonds. The molecular formula is C16H17N3S. The minimum Gasteiger partial charge on any atom is -0.375 e. The van der Waals surface area contributed by atoms with Crippen LogP contribution in [0.4, 0.5) is 5.13 Å². The van der Waals surface area contributed by atoms with Gasteiger partial charge in [-0.2, -0.15) is 0 Å². The van der Waals surface area contributed by atoms with Gasteiger partial charge in [0.25, 0.3) is 0 Å². The number of rotatable bonds is 2. The van der Waals surface area contributed by atoms with Gasteiger partial charge in [-0.05, 0) is 24.5 Å². The van der Waals surface area contributed by atoms with Crippen molar-refractivity contribution in [1.82, 2.24) is 9.97 Å². The lowest BCUT2D eigenvalue weighted by atomic mass is 9.96. The van der Waals surface area contributed by atoms with E-state index in [9.17, 15) is 0 Å². The van der Waals surface area contributed by atoms with E-state index >= 15 is 0 Å². The third kappa shape index (κ3) is 2.16. The van der Waals surface area contributed by atoms with E-state index in [2.05, 4.69) is 43.1 Å². The molecule has 0 saturated carbocycles. The van der Waals surface area contributed by atoms with Crippen molar-refractivity contribution in [3.8, 4) is 11.3 Å². The average molecular weight is 283 g/mol. The Morgan fingerprint density at radius 2 is 2.00 bits per heavy atom. The first-order valence-corrected chi connectivity index (χ1v) is 7.56. The van der Waals surface area contributed by atoms with Crippen molar-refractivity contribution in [2.24, 2.45) is 0 Å². The Morgan fingerprint density at radius 1 is 1.20 bits per heavy atom. The molecule has 0 spiro atoms. The van der Waals surface area contributed by atoms with E-state index < -0.39 is 0 Å². The summed E-state index contributed by atoms with van der Waals surface area (Å²) < 4.78 is 0. The van der Waals surface area contributed by atoms with Crippen molar-refractivity contribution in [2.75, 3.05) is 5.73 Å². The van der Waals surface area contributed by atoms with Gasteiger partial charge in [0.1, 0.15) is 0 Å². The maximum atomic E-state index is 5.77. The maximum Gasteiger partial charge on any atom is 0.180 e. The number of aromatic nitrogens is 2. The molecule has 3 aromatic rings. The highest BCUT2D eigenvalue weighted by Gasteiger charge is 2.13. The maximum absolute atomic E-state index is 5.77. The molecule has 3 rings (SSSR count). The minimum absolute atomic E-state index is 0.446. The van der Waals surface area contributed by atoms with Gasteiger partial charge in [-0.25, -0.2) is 4.98 Å². The van der Waals surface area contributed by atoms with Crippen molar-refractivity contribution in [1.29, 1.82) is 0 Å². The second kappa shape index (κ2) is 4.87. The predicted molar refractivity (Wildman–Crippen MR) is 86.1 cm³/mol. The number of aryl methyl sites for hydroxylation is 1. The van der Waals surface area contributed by atoms with Crippen LogP contribution in [0.1, 0.15) is 31.0 Å². The van der Waals surface area contributed by atoms with Crippen LogP contribution in [0.15, 0.2) is 29.6 Å². The fourth-order valence-electron chi connectivity index (χ4n) is 2.49. The molecule has 2 aromatic heterocycles. The molecule has 2 heterocycles. The molecule has 2 N–H and O–H groups in total. The summed E-state index contributed by atoms with van der Waals surface area (Å²) in [5.74, 6) is 0.446. The molecule has 0 bridgehead atoms. The zero-order chi connectivity index (χ0) is 14.3. The number of nitrogens with zero attached hydrogens (tertiary/aromatic N) is 2. The number of benzene rings is 1.